The molecular formula is C19H21O4PS. The van der Waals surface area contributed by atoms with Gasteiger partial charge in [-0.05, 0) is 37.0 Å². The van der Waals surface area contributed by atoms with Gasteiger partial charge in [-0.1, -0.05) is 42.5 Å². The number of hydrogen-bond donors (Lipinski definition) is 2. The van der Waals surface area contributed by atoms with Gasteiger partial charge in [0, 0.05) is 10.6 Å². The van der Waals surface area contributed by atoms with Crippen molar-refractivity contribution in [2.75, 3.05) is 5.75 Å². The first-order chi connectivity index (χ1) is 12.1. The molecule has 0 bridgehead atoms. The molecule has 4 nitrogen and oxygen atoms in total. The number of carboxylic acid groups (broad SMARTS) is 1. The lowest BCUT2D eigenvalue weighted by atomic mass is 9.97. The van der Waals surface area contributed by atoms with Gasteiger partial charge in [-0.3, -0.25) is 9.36 Å². The van der Waals surface area contributed by atoms with Gasteiger partial charge in [0.15, 0.2) is 8.46 Å². The summed E-state index contributed by atoms with van der Waals surface area (Å²) >= 11 is 1.34. The number of carboxylic acids is 1. The second-order valence-corrected chi connectivity index (χ2v) is 7.71. The third kappa shape index (κ3) is 6.18. The van der Waals surface area contributed by atoms with E-state index in [9.17, 15) is 19.6 Å². The topological polar surface area (TPSA) is 74.6 Å². The number of benzene rings is 2. The number of rotatable bonds is 10. The van der Waals surface area contributed by atoms with Crippen LogP contribution >= 0.6 is 20.2 Å². The number of aromatic hydroxyl groups is 1. The van der Waals surface area contributed by atoms with Crippen molar-refractivity contribution in [1.82, 2.24) is 0 Å². The predicted octanol–water partition coefficient (Wildman–Crippen LogP) is 4.87. The standard InChI is InChI=1S/C19H21O4PS/c20-16-11-4-5-12-18(16)25-13-17(24-23)15(19(21)22)10-6-9-14-7-2-1-3-8-14/h1-5,7-8,11-12,15,17,20H,6,9-10,13H2,(H,21,22). The van der Waals surface area contributed by atoms with Gasteiger partial charge in [0.25, 0.3) is 0 Å². The molecule has 0 fully saturated rings. The van der Waals surface area contributed by atoms with Crippen molar-refractivity contribution in [1.29, 1.82) is 0 Å². The minimum atomic E-state index is -0.917. The maximum Gasteiger partial charge on any atom is 0.307 e. The summed E-state index contributed by atoms with van der Waals surface area (Å²) < 4.78 is 11.5. The van der Waals surface area contributed by atoms with Crippen molar-refractivity contribution in [2.24, 2.45) is 5.92 Å². The summed E-state index contributed by atoms with van der Waals surface area (Å²) in [5.41, 5.74) is 0.685. The Morgan fingerprint density at radius 3 is 2.40 bits per heavy atom. The van der Waals surface area contributed by atoms with E-state index in [4.69, 9.17) is 0 Å². The Labute approximate surface area is 153 Å². The molecule has 0 aliphatic carbocycles. The van der Waals surface area contributed by atoms with Crippen molar-refractivity contribution >= 4 is 26.2 Å². The van der Waals surface area contributed by atoms with Crippen molar-refractivity contribution in [3.8, 4) is 5.75 Å². The van der Waals surface area contributed by atoms with Crippen molar-refractivity contribution in [3.05, 3.63) is 60.2 Å². The first kappa shape index (κ1) is 19.5. The number of aliphatic carboxylic acids is 1. The molecule has 2 aromatic rings. The fourth-order valence-corrected chi connectivity index (χ4v) is 4.49. The zero-order valence-corrected chi connectivity index (χ0v) is 15.5. The second-order valence-electron chi connectivity index (χ2n) is 5.77. The Morgan fingerprint density at radius 1 is 1.08 bits per heavy atom. The quantitative estimate of drug-likeness (QED) is 0.457. The largest absolute Gasteiger partial charge is 0.507 e. The highest BCUT2D eigenvalue weighted by Crippen LogP contribution is 2.33. The first-order valence-electron chi connectivity index (χ1n) is 8.12. The monoisotopic (exact) mass is 376 g/mol. The predicted molar refractivity (Wildman–Crippen MR) is 101 cm³/mol. The third-order valence-corrected chi connectivity index (χ3v) is 6.26. The molecule has 0 saturated heterocycles. The van der Waals surface area contributed by atoms with Crippen LogP contribution < -0.4 is 0 Å². The van der Waals surface area contributed by atoms with Crippen LogP contribution in [-0.4, -0.2) is 27.6 Å². The number of aryl methyl sites for hydroxylation is 1. The summed E-state index contributed by atoms with van der Waals surface area (Å²) in [6.07, 6.45) is 2.01. The molecule has 2 N–H and O–H groups in total. The molecule has 2 rings (SSSR count). The number of phenols is 1. The van der Waals surface area contributed by atoms with E-state index in [2.05, 4.69) is 0 Å². The summed E-state index contributed by atoms with van der Waals surface area (Å²) in [6.45, 7) is 0. The van der Waals surface area contributed by atoms with E-state index in [1.54, 1.807) is 24.3 Å². The van der Waals surface area contributed by atoms with Crippen LogP contribution in [0, 0.1) is 5.92 Å². The Kier molecular flexibility index (Phi) is 7.96. The third-order valence-electron chi connectivity index (χ3n) is 4.02. The molecule has 2 aromatic carbocycles. The summed E-state index contributed by atoms with van der Waals surface area (Å²) in [6, 6.07) is 16.8. The van der Waals surface area contributed by atoms with Crippen LogP contribution in [0.3, 0.4) is 0 Å². The molecule has 6 heteroatoms. The summed E-state index contributed by atoms with van der Waals surface area (Å²) in [5.74, 6) is -1.05. The Morgan fingerprint density at radius 2 is 1.76 bits per heavy atom. The summed E-state index contributed by atoms with van der Waals surface area (Å²) in [5, 5.41) is 19.3. The van der Waals surface area contributed by atoms with E-state index in [1.165, 1.54) is 17.3 Å². The molecule has 2 unspecified atom stereocenters. The first-order valence-corrected chi connectivity index (χ1v) is 9.98. The number of para-hydroxylation sites is 1. The van der Waals surface area contributed by atoms with E-state index in [0.29, 0.717) is 17.1 Å². The molecule has 0 spiro atoms. The van der Waals surface area contributed by atoms with Gasteiger partial charge in [0.1, 0.15) is 5.75 Å². The number of hydrogen-bond acceptors (Lipinski definition) is 4. The highest BCUT2D eigenvalue weighted by atomic mass is 32.2. The highest BCUT2D eigenvalue weighted by molar-refractivity contribution is 7.99. The van der Waals surface area contributed by atoms with E-state index >= 15 is 0 Å². The molecule has 2 atom stereocenters. The highest BCUT2D eigenvalue weighted by Gasteiger charge is 2.28. The van der Waals surface area contributed by atoms with Crippen LogP contribution in [0.5, 0.6) is 5.75 Å². The molecule has 0 amide bonds. The summed E-state index contributed by atoms with van der Waals surface area (Å²) in [4.78, 5) is 12.3. The van der Waals surface area contributed by atoms with Crippen LogP contribution in [0.15, 0.2) is 59.5 Å². The minimum absolute atomic E-state index is 0.157. The molecule has 0 saturated carbocycles. The van der Waals surface area contributed by atoms with E-state index in [-0.39, 0.29) is 14.2 Å². The number of carbonyl (C=O) groups is 1. The SMILES string of the molecule is O=PC(CSc1ccccc1O)C(CCCc1ccccc1)C(=O)O. The Bertz CT molecular complexity index is 693. The maximum absolute atomic E-state index is 11.6. The second kappa shape index (κ2) is 10.2. The van der Waals surface area contributed by atoms with Gasteiger partial charge >= 0.3 is 5.97 Å². The zero-order chi connectivity index (χ0) is 18.1. The van der Waals surface area contributed by atoms with E-state index in [0.717, 1.165) is 12.8 Å². The smallest absolute Gasteiger partial charge is 0.307 e. The average Bonchev–Trinajstić information content (AvgIpc) is 2.62. The van der Waals surface area contributed by atoms with Crippen molar-refractivity contribution < 1.29 is 19.6 Å². The van der Waals surface area contributed by atoms with Gasteiger partial charge in [-0.2, -0.15) is 0 Å². The van der Waals surface area contributed by atoms with Gasteiger partial charge in [0.05, 0.1) is 11.6 Å². The fraction of sp³-hybridized carbons (Fsp3) is 0.316. The number of phenolic OH excluding ortho intramolecular Hbond substituents is 1. The van der Waals surface area contributed by atoms with Crippen LogP contribution in [0.25, 0.3) is 0 Å². The lowest BCUT2D eigenvalue weighted by Gasteiger charge is -2.18. The molecular weight excluding hydrogens is 355 g/mol. The number of thioether (sulfide) groups is 1. The zero-order valence-electron chi connectivity index (χ0n) is 13.7. The van der Waals surface area contributed by atoms with Crippen LogP contribution in [0.2, 0.25) is 0 Å². The Hall–Kier alpha value is -1.84. The van der Waals surface area contributed by atoms with Gasteiger partial charge in [0.2, 0.25) is 0 Å². The van der Waals surface area contributed by atoms with Gasteiger partial charge in [-0.25, -0.2) is 0 Å². The lowest BCUT2D eigenvalue weighted by Crippen LogP contribution is -2.26. The maximum atomic E-state index is 11.6. The lowest BCUT2D eigenvalue weighted by molar-refractivity contribution is -0.141. The Balaban J connectivity index is 1.92. The van der Waals surface area contributed by atoms with Gasteiger partial charge < -0.3 is 10.2 Å². The van der Waals surface area contributed by atoms with Crippen LogP contribution in [0.4, 0.5) is 0 Å². The fourth-order valence-electron chi connectivity index (χ4n) is 2.63. The van der Waals surface area contributed by atoms with E-state index < -0.39 is 17.5 Å². The van der Waals surface area contributed by atoms with Gasteiger partial charge in [-0.15, -0.1) is 11.8 Å². The van der Waals surface area contributed by atoms with Crippen LogP contribution in [-0.2, 0) is 15.8 Å². The normalized spacial score (nSPS) is 13.4. The average molecular weight is 376 g/mol. The molecule has 25 heavy (non-hydrogen) atoms. The molecule has 132 valence electrons. The molecule has 0 aliphatic rings. The molecule has 0 radical (unpaired) electrons. The minimum Gasteiger partial charge on any atom is -0.507 e. The molecule has 0 aromatic heterocycles. The molecule has 0 heterocycles. The van der Waals surface area contributed by atoms with Crippen LogP contribution in [0.1, 0.15) is 18.4 Å². The van der Waals surface area contributed by atoms with Crippen molar-refractivity contribution in [3.63, 3.8) is 0 Å². The van der Waals surface area contributed by atoms with Crippen molar-refractivity contribution in [2.45, 2.75) is 29.8 Å². The molecule has 0 aliphatic heterocycles. The van der Waals surface area contributed by atoms with E-state index in [1.807, 2.05) is 30.3 Å². The summed E-state index contributed by atoms with van der Waals surface area (Å²) in [7, 11) is -0.170.